The quantitative estimate of drug-likeness (QED) is 0.351. The third-order valence-corrected chi connectivity index (χ3v) is 1.35. The highest BCUT2D eigenvalue weighted by Gasteiger charge is 2.24. The van der Waals surface area contributed by atoms with Gasteiger partial charge in [0.25, 0.3) is 0 Å². The van der Waals surface area contributed by atoms with Crippen LogP contribution in [0.3, 0.4) is 0 Å². The van der Waals surface area contributed by atoms with Crippen LogP contribution in [0.15, 0.2) is 5.29 Å². The second kappa shape index (κ2) is 3.26. The summed E-state index contributed by atoms with van der Waals surface area (Å²) in [5, 5.41) is 11.0. The summed E-state index contributed by atoms with van der Waals surface area (Å²) >= 11 is 0. The molecule has 0 rings (SSSR count). The molecule has 0 aliphatic carbocycles. The highest BCUT2D eigenvalue weighted by molar-refractivity contribution is 5.67. The molecule has 0 aliphatic heterocycles. The number of nitroso groups, excluding NO2 is 1. The Bertz CT molecular complexity index is 148. The normalized spacial score (nSPS) is 15.8. The van der Waals surface area contributed by atoms with Crippen molar-refractivity contribution < 1.29 is 14.5 Å². The number of likely N-dealkylation sites (N-methyl/N-ethyl adjacent to an activating group) is 1. The van der Waals surface area contributed by atoms with Crippen LogP contribution in [0.4, 0.5) is 0 Å². The molecule has 0 saturated carbocycles. The van der Waals surface area contributed by atoms with E-state index in [0.717, 1.165) is 0 Å². The minimum absolute atomic E-state index is 0.250. The minimum atomic E-state index is -1.01. The van der Waals surface area contributed by atoms with Crippen LogP contribution >= 0.6 is 0 Å². The van der Waals surface area contributed by atoms with E-state index in [4.69, 9.17) is 5.11 Å². The fourth-order valence-corrected chi connectivity index (χ4v) is 0.490. The van der Waals surface area contributed by atoms with Crippen LogP contribution < -0.4 is 0 Å². The van der Waals surface area contributed by atoms with Gasteiger partial charge in [0.15, 0.2) is 5.29 Å². The number of carbonyl (C=O) groups is 1. The van der Waals surface area contributed by atoms with Gasteiger partial charge in [-0.15, -0.1) is 0 Å². The molecule has 1 atom stereocenters. The van der Waals surface area contributed by atoms with Gasteiger partial charge in [0.2, 0.25) is 6.54 Å². The first kappa shape index (κ1) is 9.03. The molecule has 0 aromatic rings. The summed E-state index contributed by atoms with van der Waals surface area (Å²) in [4.78, 5) is 20.2. The summed E-state index contributed by atoms with van der Waals surface area (Å²) in [6, 6.07) is 0. The summed E-state index contributed by atoms with van der Waals surface area (Å²) in [5.74, 6) is -1.01. The number of quaternary nitrogens is 1. The third kappa shape index (κ3) is 2.54. The smallest absolute Gasteiger partial charge is 0.361 e. The zero-order chi connectivity index (χ0) is 8.20. The molecule has 0 bridgehead atoms. The molecule has 0 spiro atoms. The molecule has 1 unspecified atom stereocenters. The molecule has 0 fully saturated rings. The van der Waals surface area contributed by atoms with Crippen LogP contribution in [0.25, 0.3) is 0 Å². The van der Waals surface area contributed by atoms with E-state index in [2.05, 4.69) is 5.29 Å². The van der Waals surface area contributed by atoms with E-state index < -0.39 is 5.97 Å². The Morgan fingerprint density at radius 3 is 2.30 bits per heavy atom. The van der Waals surface area contributed by atoms with E-state index >= 15 is 0 Å². The predicted octanol–water partition coefficient (Wildman–Crippen LogP) is 0.219. The van der Waals surface area contributed by atoms with E-state index in [1.165, 1.54) is 7.05 Å². The Morgan fingerprint density at radius 2 is 2.20 bits per heavy atom. The van der Waals surface area contributed by atoms with Gasteiger partial charge in [-0.2, -0.15) is 4.59 Å². The van der Waals surface area contributed by atoms with E-state index in [0.29, 0.717) is 6.54 Å². The molecule has 5 nitrogen and oxygen atoms in total. The highest BCUT2D eigenvalue weighted by atomic mass is 16.4. The lowest BCUT2D eigenvalue weighted by Crippen LogP contribution is -2.41. The van der Waals surface area contributed by atoms with Crippen molar-refractivity contribution in [3.8, 4) is 0 Å². The predicted molar refractivity (Wildman–Crippen MR) is 35.0 cm³/mol. The minimum Gasteiger partial charge on any atom is -0.477 e. The van der Waals surface area contributed by atoms with Crippen molar-refractivity contribution in [3.63, 3.8) is 0 Å². The molecular weight excluding hydrogens is 136 g/mol. The number of hydrogen-bond donors (Lipinski definition) is 1. The Labute approximate surface area is 58.8 Å². The first-order valence-corrected chi connectivity index (χ1v) is 2.95. The molecule has 0 heterocycles. The zero-order valence-corrected chi connectivity index (χ0v) is 6.07. The van der Waals surface area contributed by atoms with Crippen LogP contribution in [0.5, 0.6) is 0 Å². The molecule has 0 radical (unpaired) electrons. The second-order valence-electron chi connectivity index (χ2n) is 2.29. The van der Waals surface area contributed by atoms with Crippen LogP contribution in [0, 0.1) is 4.91 Å². The first-order chi connectivity index (χ1) is 4.54. The maximum atomic E-state index is 10.1. The van der Waals surface area contributed by atoms with Crippen molar-refractivity contribution in [3.05, 3.63) is 4.91 Å². The summed E-state index contributed by atoms with van der Waals surface area (Å²) in [5.41, 5.74) is 0. The van der Waals surface area contributed by atoms with Gasteiger partial charge in [0.1, 0.15) is 6.54 Å². The van der Waals surface area contributed by atoms with E-state index in [1.54, 1.807) is 6.92 Å². The lowest BCUT2D eigenvalue weighted by molar-refractivity contribution is -0.909. The van der Waals surface area contributed by atoms with Crippen LogP contribution in [0.1, 0.15) is 6.92 Å². The summed E-state index contributed by atoms with van der Waals surface area (Å²) < 4.78 is -0.310. The number of aliphatic carboxylic acids is 1. The molecule has 0 aromatic heterocycles. The zero-order valence-electron chi connectivity index (χ0n) is 6.07. The average molecular weight is 147 g/mol. The SMILES string of the molecule is CC[N+](C)(CC(=O)O)N=O. The fourth-order valence-electron chi connectivity index (χ4n) is 0.490. The Kier molecular flexibility index (Phi) is 2.95. The van der Waals surface area contributed by atoms with E-state index in [-0.39, 0.29) is 11.1 Å². The summed E-state index contributed by atoms with van der Waals surface area (Å²) in [7, 11) is 1.47. The monoisotopic (exact) mass is 147 g/mol. The third-order valence-electron chi connectivity index (χ3n) is 1.35. The largest absolute Gasteiger partial charge is 0.477 e. The molecule has 0 amide bonds. The number of rotatable bonds is 4. The van der Waals surface area contributed by atoms with Gasteiger partial charge in [-0.25, -0.2) is 4.79 Å². The van der Waals surface area contributed by atoms with Gasteiger partial charge in [0, 0.05) is 0 Å². The Balaban J connectivity index is 4.05. The van der Waals surface area contributed by atoms with Gasteiger partial charge in [0.05, 0.1) is 7.05 Å². The lowest BCUT2D eigenvalue weighted by atomic mass is 10.5. The van der Waals surface area contributed by atoms with Crippen LogP contribution in [-0.2, 0) is 4.79 Å². The van der Waals surface area contributed by atoms with Crippen molar-refractivity contribution in [1.82, 2.24) is 0 Å². The van der Waals surface area contributed by atoms with Crippen molar-refractivity contribution in [1.29, 1.82) is 0 Å². The summed E-state index contributed by atoms with van der Waals surface area (Å²) in [6.07, 6.45) is 0. The van der Waals surface area contributed by atoms with Gasteiger partial charge in [-0.3, -0.25) is 0 Å². The standard InChI is InChI=1S/C5H10N2O3/c1-3-7(2,6-10)4-5(8)9/h3-4H2,1-2H3/p+1. The molecule has 5 heteroatoms. The Hall–Kier alpha value is -0.970. The molecule has 0 aromatic carbocycles. The van der Waals surface area contributed by atoms with Gasteiger partial charge in [-0.1, -0.05) is 4.91 Å². The number of carboxylic acid groups (broad SMARTS) is 1. The van der Waals surface area contributed by atoms with Gasteiger partial charge in [-0.05, 0) is 6.92 Å². The lowest BCUT2D eigenvalue weighted by Gasteiger charge is -2.18. The van der Waals surface area contributed by atoms with E-state index in [1.807, 2.05) is 0 Å². The maximum absolute atomic E-state index is 10.1. The van der Waals surface area contributed by atoms with Crippen molar-refractivity contribution in [2.24, 2.45) is 5.29 Å². The van der Waals surface area contributed by atoms with Gasteiger partial charge >= 0.3 is 5.97 Å². The van der Waals surface area contributed by atoms with Crippen molar-refractivity contribution in [2.45, 2.75) is 6.92 Å². The van der Waals surface area contributed by atoms with Crippen LogP contribution in [-0.4, -0.2) is 35.8 Å². The second-order valence-corrected chi connectivity index (χ2v) is 2.29. The molecule has 0 aliphatic rings. The van der Waals surface area contributed by atoms with Gasteiger partial charge < -0.3 is 5.11 Å². The van der Waals surface area contributed by atoms with E-state index in [9.17, 15) is 9.70 Å². The number of nitrogens with zero attached hydrogens (tertiary/aromatic N) is 2. The highest BCUT2D eigenvalue weighted by Crippen LogP contribution is 2.00. The molecular formula is C5H11N2O3+. The topological polar surface area (TPSA) is 66.7 Å². The average Bonchev–Trinajstić information content (AvgIpc) is 1.87. The summed E-state index contributed by atoms with van der Waals surface area (Å²) in [6.45, 7) is 1.86. The molecule has 0 saturated heterocycles. The number of hydrogen-bond acceptors (Lipinski definition) is 3. The molecule has 58 valence electrons. The van der Waals surface area contributed by atoms with Crippen molar-refractivity contribution in [2.75, 3.05) is 20.1 Å². The van der Waals surface area contributed by atoms with Crippen molar-refractivity contribution >= 4 is 5.97 Å². The number of carboxylic acids is 1. The van der Waals surface area contributed by atoms with Crippen LogP contribution in [0.2, 0.25) is 0 Å². The fraction of sp³-hybridized carbons (Fsp3) is 0.800. The first-order valence-electron chi connectivity index (χ1n) is 2.95. The maximum Gasteiger partial charge on any atom is 0.361 e. The molecule has 1 N–H and O–H groups in total. The molecule has 10 heavy (non-hydrogen) atoms. The Morgan fingerprint density at radius 1 is 1.70 bits per heavy atom.